The fourth-order valence-electron chi connectivity index (χ4n) is 4.68. The van der Waals surface area contributed by atoms with Gasteiger partial charge in [-0.25, -0.2) is 27.1 Å². The number of hydrogen-bond acceptors (Lipinski definition) is 4. The van der Waals surface area contributed by atoms with Crippen LogP contribution in [0.25, 0.3) is 0 Å². The van der Waals surface area contributed by atoms with Gasteiger partial charge in [0.1, 0.15) is 0 Å². The molecule has 1 aromatic carbocycles. The molecular weight excluding hydrogens is 372 g/mol. The van der Waals surface area contributed by atoms with E-state index >= 15 is 0 Å². The largest absolute Gasteiger partial charge is 0.238 e. The first-order chi connectivity index (χ1) is 12.2. The third-order valence-corrected chi connectivity index (χ3v) is 7.83. The van der Waals surface area contributed by atoms with Crippen molar-refractivity contribution in [2.45, 2.75) is 85.8 Å². The second-order valence-corrected chi connectivity index (χ2v) is 10.7. The fraction of sp³-hybridized carbons (Fsp3) is 0.667. The predicted octanol–water partition coefficient (Wildman–Crippen LogP) is 3.08. The van der Waals surface area contributed by atoms with Gasteiger partial charge in [0.15, 0.2) is 0 Å². The number of benzene rings is 1. The van der Waals surface area contributed by atoms with Gasteiger partial charge in [0.25, 0.3) is 0 Å². The van der Waals surface area contributed by atoms with Crippen molar-refractivity contribution in [1.82, 2.24) is 0 Å². The van der Waals surface area contributed by atoms with Crippen LogP contribution >= 0.6 is 0 Å². The molecule has 2 aliphatic rings. The number of rotatable bonds is 4. The Morgan fingerprint density at radius 2 is 1.19 bits per heavy atom. The van der Waals surface area contributed by atoms with Gasteiger partial charge in [-0.1, -0.05) is 44.6 Å². The standard InChI is InChI=1S/C18H28N2O4S2/c19-25(21,22)16-12-11-15(13-7-3-1-4-8-13)18(26(20,23)24)17(16)14-9-5-2-6-10-14/h11-14H,1-10H2,(H2,19,21,22)(H2,20,23,24). The summed E-state index contributed by atoms with van der Waals surface area (Å²) in [6.07, 6.45) is 9.55. The molecule has 146 valence electrons. The smallest absolute Gasteiger partial charge is 0.225 e. The van der Waals surface area contributed by atoms with Gasteiger partial charge < -0.3 is 0 Å². The molecule has 2 aliphatic carbocycles. The summed E-state index contributed by atoms with van der Waals surface area (Å²) < 4.78 is 49.6. The van der Waals surface area contributed by atoms with Crippen molar-refractivity contribution >= 4 is 20.0 Å². The van der Waals surface area contributed by atoms with Crippen LogP contribution in [0.2, 0.25) is 0 Å². The van der Waals surface area contributed by atoms with Crippen LogP contribution in [0.15, 0.2) is 21.9 Å². The average Bonchev–Trinajstić information content (AvgIpc) is 2.60. The number of hydrogen-bond donors (Lipinski definition) is 2. The lowest BCUT2D eigenvalue weighted by atomic mass is 9.80. The Kier molecular flexibility index (Phi) is 5.77. The molecule has 0 unspecified atom stereocenters. The SMILES string of the molecule is NS(=O)(=O)c1ccc(C2CCCCC2)c(S(N)(=O)=O)c1C1CCCCC1. The Morgan fingerprint density at radius 3 is 1.65 bits per heavy atom. The molecule has 0 aliphatic heterocycles. The van der Waals surface area contributed by atoms with Crippen molar-refractivity contribution in [2.75, 3.05) is 0 Å². The third kappa shape index (κ3) is 4.13. The molecule has 0 aromatic heterocycles. The number of primary sulfonamides is 2. The van der Waals surface area contributed by atoms with Crippen LogP contribution < -0.4 is 10.3 Å². The van der Waals surface area contributed by atoms with E-state index < -0.39 is 20.0 Å². The normalized spacial score (nSPS) is 21.0. The molecule has 1 aromatic rings. The van der Waals surface area contributed by atoms with Crippen LogP contribution in [0, 0.1) is 0 Å². The topological polar surface area (TPSA) is 120 Å². The van der Waals surface area contributed by atoms with Gasteiger partial charge in [0.2, 0.25) is 20.0 Å². The second-order valence-electron chi connectivity index (χ2n) is 7.66. The highest BCUT2D eigenvalue weighted by atomic mass is 32.2. The third-order valence-electron chi connectivity index (χ3n) is 5.84. The predicted molar refractivity (Wildman–Crippen MR) is 101 cm³/mol. The minimum absolute atomic E-state index is 0.0304. The maximum absolute atomic E-state index is 12.6. The molecule has 0 radical (unpaired) electrons. The van der Waals surface area contributed by atoms with E-state index in [4.69, 9.17) is 10.3 Å². The summed E-state index contributed by atoms with van der Waals surface area (Å²) in [5.74, 6) is -0.0251. The highest BCUT2D eigenvalue weighted by Crippen LogP contribution is 2.44. The van der Waals surface area contributed by atoms with Gasteiger partial charge in [0.05, 0.1) is 9.79 Å². The summed E-state index contributed by atoms with van der Waals surface area (Å²) in [5, 5.41) is 11.1. The van der Waals surface area contributed by atoms with Gasteiger partial charge >= 0.3 is 0 Å². The van der Waals surface area contributed by atoms with E-state index in [-0.39, 0.29) is 21.6 Å². The maximum atomic E-state index is 12.6. The van der Waals surface area contributed by atoms with E-state index in [1.807, 2.05) is 0 Å². The molecular formula is C18H28N2O4S2. The lowest BCUT2D eigenvalue weighted by molar-refractivity contribution is 0.421. The molecule has 4 N–H and O–H groups in total. The molecule has 0 spiro atoms. The minimum atomic E-state index is -4.07. The minimum Gasteiger partial charge on any atom is -0.225 e. The zero-order chi connectivity index (χ0) is 18.9. The molecule has 0 saturated heterocycles. The van der Waals surface area contributed by atoms with Crippen LogP contribution in [0.4, 0.5) is 0 Å². The summed E-state index contributed by atoms with van der Waals surface area (Å²) >= 11 is 0. The van der Waals surface area contributed by atoms with Crippen LogP contribution in [-0.4, -0.2) is 16.8 Å². The number of sulfonamides is 2. The molecule has 3 rings (SSSR count). The highest BCUT2D eigenvalue weighted by Gasteiger charge is 2.33. The van der Waals surface area contributed by atoms with Gasteiger partial charge in [-0.05, 0) is 54.7 Å². The zero-order valence-electron chi connectivity index (χ0n) is 15.0. The number of nitrogens with two attached hydrogens (primary N) is 2. The summed E-state index contributed by atoms with van der Waals surface area (Å²) in [7, 11) is -8.10. The zero-order valence-corrected chi connectivity index (χ0v) is 16.6. The first-order valence-corrected chi connectivity index (χ1v) is 12.5. The van der Waals surface area contributed by atoms with Crippen LogP contribution in [0.5, 0.6) is 0 Å². The summed E-state index contributed by atoms with van der Waals surface area (Å²) in [5.41, 5.74) is 1.03. The lowest BCUT2D eigenvalue weighted by Gasteiger charge is -2.30. The first kappa shape index (κ1) is 19.8. The van der Waals surface area contributed by atoms with E-state index in [0.29, 0.717) is 11.1 Å². The van der Waals surface area contributed by atoms with Crippen molar-refractivity contribution in [1.29, 1.82) is 0 Å². The molecule has 8 heteroatoms. The Morgan fingerprint density at radius 1 is 0.692 bits per heavy atom. The van der Waals surface area contributed by atoms with E-state index in [2.05, 4.69) is 0 Å². The Bertz CT molecular complexity index is 867. The molecule has 0 heterocycles. The van der Waals surface area contributed by atoms with E-state index in [0.717, 1.165) is 64.2 Å². The monoisotopic (exact) mass is 400 g/mol. The van der Waals surface area contributed by atoms with Crippen molar-refractivity contribution in [3.63, 3.8) is 0 Å². The van der Waals surface area contributed by atoms with E-state index in [1.54, 1.807) is 6.07 Å². The summed E-state index contributed by atoms with van der Waals surface area (Å²) in [6, 6.07) is 3.12. The molecule has 0 atom stereocenters. The molecule has 26 heavy (non-hydrogen) atoms. The van der Waals surface area contributed by atoms with Gasteiger partial charge in [-0.15, -0.1) is 0 Å². The van der Waals surface area contributed by atoms with Crippen molar-refractivity contribution in [3.8, 4) is 0 Å². The van der Waals surface area contributed by atoms with Crippen molar-refractivity contribution < 1.29 is 16.8 Å². The second kappa shape index (κ2) is 7.58. The van der Waals surface area contributed by atoms with Crippen LogP contribution in [0.3, 0.4) is 0 Å². The Balaban J connectivity index is 2.27. The summed E-state index contributed by atoms with van der Waals surface area (Å²) in [6.45, 7) is 0. The summed E-state index contributed by atoms with van der Waals surface area (Å²) in [4.78, 5) is -0.0455. The average molecular weight is 401 g/mol. The van der Waals surface area contributed by atoms with E-state index in [9.17, 15) is 16.8 Å². The Hall–Kier alpha value is -0.960. The molecule has 2 saturated carbocycles. The first-order valence-electron chi connectivity index (χ1n) is 9.42. The Labute approximate surface area is 156 Å². The van der Waals surface area contributed by atoms with E-state index in [1.165, 1.54) is 6.07 Å². The van der Waals surface area contributed by atoms with Gasteiger partial charge in [-0.3, -0.25) is 0 Å². The fourth-order valence-corrected chi connectivity index (χ4v) is 6.72. The molecule has 6 nitrogen and oxygen atoms in total. The van der Waals surface area contributed by atoms with Crippen LogP contribution in [-0.2, 0) is 20.0 Å². The highest BCUT2D eigenvalue weighted by molar-refractivity contribution is 7.90. The molecule has 0 bridgehead atoms. The maximum Gasteiger partial charge on any atom is 0.238 e. The quantitative estimate of drug-likeness (QED) is 0.806. The van der Waals surface area contributed by atoms with Crippen LogP contribution in [0.1, 0.15) is 87.2 Å². The lowest BCUT2D eigenvalue weighted by Crippen LogP contribution is -2.25. The van der Waals surface area contributed by atoms with Gasteiger partial charge in [0, 0.05) is 0 Å². The molecule has 0 amide bonds. The van der Waals surface area contributed by atoms with Gasteiger partial charge in [-0.2, -0.15) is 0 Å². The molecule has 2 fully saturated rings. The van der Waals surface area contributed by atoms with Crippen molar-refractivity contribution in [3.05, 3.63) is 23.3 Å². The van der Waals surface area contributed by atoms with Crippen molar-refractivity contribution in [2.24, 2.45) is 10.3 Å².